The van der Waals surface area contributed by atoms with Gasteiger partial charge in [-0.25, -0.2) is 8.42 Å². The molecule has 1 N–H and O–H groups in total. The average molecular weight is 289 g/mol. The third-order valence-corrected chi connectivity index (χ3v) is 4.43. The van der Waals surface area contributed by atoms with E-state index >= 15 is 0 Å². The van der Waals surface area contributed by atoms with Gasteiger partial charge in [0.15, 0.2) is 0 Å². The van der Waals surface area contributed by atoms with Gasteiger partial charge in [0.1, 0.15) is 0 Å². The molecule has 6 heteroatoms. The van der Waals surface area contributed by atoms with Gasteiger partial charge in [0.25, 0.3) is 0 Å². The molecular weight excluding hydrogens is 274 g/mol. The van der Waals surface area contributed by atoms with E-state index in [2.05, 4.69) is 4.72 Å². The van der Waals surface area contributed by atoms with Crippen LogP contribution in [0.4, 0.5) is 5.69 Å². The van der Waals surface area contributed by atoms with Crippen molar-refractivity contribution in [1.29, 1.82) is 5.26 Å². The van der Waals surface area contributed by atoms with Gasteiger partial charge in [0, 0.05) is 30.6 Å². The molecule has 0 saturated carbocycles. The van der Waals surface area contributed by atoms with E-state index in [1.165, 1.54) is 0 Å². The summed E-state index contributed by atoms with van der Waals surface area (Å²) in [6.07, 6.45) is 0. The summed E-state index contributed by atoms with van der Waals surface area (Å²) in [7, 11) is 0.131. The van der Waals surface area contributed by atoms with Gasteiger partial charge in [-0.2, -0.15) is 9.98 Å². The second kappa shape index (κ2) is 5.49. The van der Waals surface area contributed by atoms with Gasteiger partial charge in [-0.3, -0.25) is 0 Å². The number of anilines is 1. The lowest BCUT2D eigenvalue weighted by molar-refractivity contribution is 0.587. The molecular formula is C14H15N3O2S. The van der Waals surface area contributed by atoms with Crippen LogP contribution in [0.2, 0.25) is 0 Å². The van der Waals surface area contributed by atoms with Crippen molar-refractivity contribution in [3.63, 3.8) is 0 Å². The number of nitrogens with one attached hydrogen (secondary N) is 1. The predicted octanol–water partition coefficient (Wildman–Crippen LogP) is 1.71. The fourth-order valence-corrected chi connectivity index (χ4v) is 3.23. The van der Waals surface area contributed by atoms with E-state index in [1.807, 2.05) is 37.2 Å². The molecule has 0 amide bonds. The lowest BCUT2D eigenvalue weighted by Gasteiger charge is -2.16. The van der Waals surface area contributed by atoms with E-state index in [0.29, 0.717) is 5.39 Å². The normalized spacial score (nSPS) is 11.2. The van der Waals surface area contributed by atoms with Gasteiger partial charge in [-0.1, -0.05) is 24.3 Å². The van der Waals surface area contributed by atoms with Gasteiger partial charge in [0.05, 0.1) is 17.5 Å². The van der Waals surface area contributed by atoms with E-state index in [9.17, 15) is 8.42 Å². The summed E-state index contributed by atoms with van der Waals surface area (Å²) in [5, 5.41) is 10.0. The second-order valence-corrected chi connectivity index (χ2v) is 6.24. The van der Waals surface area contributed by atoms with Crippen molar-refractivity contribution < 1.29 is 8.42 Å². The molecule has 0 aliphatic carbocycles. The zero-order chi connectivity index (χ0) is 14.8. The third kappa shape index (κ3) is 2.59. The molecule has 2 aromatic rings. The van der Waals surface area contributed by atoms with Crippen LogP contribution in [0.3, 0.4) is 0 Å². The van der Waals surface area contributed by atoms with Gasteiger partial charge < -0.3 is 4.90 Å². The quantitative estimate of drug-likeness (QED) is 0.870. The minimum Gasteiger partial charge on any atom is -0.377 e. The average Bonchev–Trinajstić information content (AvgIpc) is 2.43. The van der Waals surface area contributed by atoms with Crippen LogP contribution in [0.15, 0.2) is 41.3 Å². The summed E-state index contributed by atoms with van der Waals surface area (Å²) >= 11 is 0. The third-order valence-electron chi connectivity index (χ3n) is 2.97. The maximum atomic E-state index is 12.2. The monoisotopic (exact) mass is 289 g/mol. The highest BCUT2D eigenvalue weighted by molar-refractivity contribution is 7.89. The molecule has 2 aromatic carbocycles. The Bertz CT molecular complexity index is 777. The molecule has 0 radical (unpaired) electrons. The fraction of sp³-hybridized carbons (Fsp3) is 0.214. The highest BCUT2D eigenvalue weighted by atomic mass is 32.2. The van der Waals surface area contributed by atoms with Crippen molar-refractivity contribution in [3.8, 4) is 6.07 Å². The minimum absolute atomic E-state index is 0.189. The number of rotatable bonds is 4. The van der Waals surface area contributed by atoms with E-state index < -0.39 is 10.0 Å². The molecule has 20 heavy (non-hydrogen) atoms. The predicted molar refractivity (Wildman–Crippen MR) is 79.1 cm³/mol. The van der Waals surface area contributed by atoms with Crippen LogP contribution < -0.4 is 9.62 Å². The van der Waals surface area contributed by atoms with Crippen molar-refractivity contribution >= 4 is 26.5 Å². The van der Waals surface area contributed by atoms with Crippen molar-refractivity contribution in [2.24, 2.45) is 0 Å². The standard InChI is InChI=1S/C14H15N3O2S/c1-17(2)13-7-3-6-12-11(13)5-4-8-14(12)20(18,19)16-10-9-15/h3-8,16H,10H2,1-2H3. The summed E-state index contributed by atoms with van der Waals surface area (Å²) in [5.41, 5.74) is 0.944. The molecule has 2 rings (SSSR count). The molecule has 0 saturated heterocycles. The number of benzene rings is 2. The Morgan fingerprint density at radius 3 is 2.45 bits per heavy atom. The van der Waals surface area contributed by atoms with E-state index in [-0.39, 0.29) is 11.4 Å². The molecule has 0 aliphatic rings. The first-order valence-electron chi connectivity index (χ1n) is 6.03. The Hall–Kier alpha value is -2.10. The molecule has 104 valence electrons. The molecule has 0 unspecified atom stereocenters. The zero-order valence-corrected chi connectivity index (χ0v) is 12.1. The number of sulfonamides is 1. The molecule has 0 heterocycles. The fourth-order valence-electron chi connectivity index (χ4n) is 2.09. The summed E-state index contributed by atoms with van der Waals surface area (Å²) in [6, 6.07) is 12.4. The number of nitrogens with zero attached hydrogens (tertiary/aromatic N) is 2. The Labute approximate surface area is 118 Å². The number of hydrogen-bond donors (Lipinski definition) is 1. The molecule has 0 fully saturated rings. The summed E-state index contributed by atoms with van der Waals surface area (Å²) in [5.74, 6) is 0. The van der Waals surface area contributed by atoms with Crippen LogP contribution in [0, 0.1) is 11.3 Å². The largest absolute Gasteiger partial charge is 0.377 e. The Morgan fingerprint density at radius 1 is 1.15 bits per heavy atom. The number of nitriles is 1. The van der Waals surface area contributed by atoms with Crippen molar-refractivity contribution in [1.82, 2.24) is 4.72 Å². The first-order valence-corrected chi connectivity index (χ1v) is 7.51. The Morgan fingerprint density at radius 2 is 1.80 bits per heavy atom. The summed E-state index contributed by atoms with van der Waals surface area (Å²) in [4.78, 5) is 2.12. The van der Waals surface area contributed by atoms with Crippen LogP contribution >= 0.6 is 0 Å². The number of hydrogen-bond acceptors (Lipinski definition) is 4. The summed E-state index contributed by atoms with van der Waals surface area (Å²) < 4.78 is 26.7. The first-order chi connectivity index (χ1) is 9.47. The van der Waals surface area contributed by atoms with Crippen molar-refractivity contribution in [2.45, 2.75) is 4.90 Å². The highest BCUT2D eigenvalue weighted by Gasteiger charge is 2.17. The van der Waals surface area contributed by atoms with Gasteiger partial charge >= 0.3 is 0 Å². The molecule has 0 aliphatic heterocycles. The van der Waals surface area contributed by atoms with Crippen molar-refractivity contribution in [2.75, 3.05) is 25.5 Å². The molecule has 0 aromatic heterocycles. The van der Waals surface area contributed by atoms with E-state index in [1.54, 1.807) is 24.3 Å². The SMILES string of the molecule is CN(C)c1cccc2c(S(=O)(=O)NCC#N)cccc12. The maximum Gasteiger partial charge on any atom is 0.242 e. The molecule has 5 nitrogen and oxygen atoms in total. The number of fused-ring (bicyclic) bond motifs is 1. The Kier molecular flexibility index (Phi) is 3.93. The maximum absolute atomic E-state index is 12.2. The second-order valence-electron chi connectivity index (χ2n) is 4.51. The lowest BCUT2D eigenvalue weighted by atomic mass is 10.1. The molecule has 0 atom stereocenters. The molecule has 0 spiro atoms. The Balaban J connectivity index is 2.68. The van der Waals surface area contributed by atoms with Gasteiger partial charge in [0.2, 0.25) is 10.0 Å². The minimum atomic E-state index is -3.68. The molecule has 0 bridgehead atoms. The van der Waals surface area contributed by atoms with E-state index in [4.69, 9.17) is 5.26 Å². The summed E-state index contributed by atoms with van der Waals surface area (Å²) in [6.45, 7) is -0.244. The lowest BCUT2D eigenvalue weighted by Crippen LogP contribution is -2.24. The van der Waals surface area contributed by atoms with Crippen LogP contribution in [0.1, 0.15) is 0 Å². The van der Waals surface area contributed by atoms with Crippen LogP contribution in [-0.2, 0) is 10.0 Å². The smallest absolute Gasteiger partial charge is 0.242 e. The zero-order valence-electron chi connectivity index (χ0n) is 11.3. The topological polar surface area (TPSA) is 73.2 Å². The first kappa shape index (κ1) is 14.3. The van der Waals surface area contributed by atoms with Crippen LogP contribution in [0.5, 0.6) is 0 Å². The highest BCUT2D eigenvalue weighted by Crippen LogP contribution is 2.29. The van der Waals surface area contributed by atoms with Crippen LogP contribution in [-0.4, -0.2) is 29.1 Å². The van der Waals surface area contributed by atoms with Crippen molar-refractivity contribution in [3.05, 3.63) is 36.4 Å². The van der Waals surface area contributed by atoms with Gasteiger partial charge in [-0.05, 0) is 12.1 Å². The van der Waals surface area contributed by atoms with E-state index in [0.717, 1.165) is 11.1 Å². The van der Waals surface area contributed by atoms with Crippen LogP contribution in [0.25, 0.3) is 10.8 Å². The van der Waals surface area contributed by atoms with Gasteiger partial charge in [-0.15, -0.1) is 0 Å².